The van der Waals surface area contributed by atoms with E-state index < -0.39 is 0 Å². The third-order valence-electron chi connectivity index (χ3n) is 4.04. The Hall–Kier alpha value is 0.674. The molecule has 0 aromatic carbocycles. The molecule has 4 fully saturated rings. The Labute approximate surface area is 117 Å². The molecule has 1 nitrogen and oxygen atoms in total. The van der Waals surface area contributed by atoms with Gasteiger partial charge in [0.25, 0.3) is 0 Å². The van der Waals surface area contributed by atoms with E-state index in [1.165, 1.54) is 38.5 Å². The van der Waals surface area contributed by atoms with Gasteiger partial charge in [0.1, 0.15) is 0 Å². The van der Waals surface area contributed by atoms with Gasteiger partial charge >= 0.3 is 21.7 Å². The van der Waals surface area contributed by atoms with E-state index in [9.17, 15) is 0 Å². The minimum Gasteiger partial charge on any atom is -0.672 e. The summed E-state index contributed by atoms with van der Waals surface area (Å²) in [5.74, 6) is 2.87. The summed E-state index contributed by atoms with van der Waals surface area (Å²) in [6.07, 6.45) is 8.12. The first kappa shape index (κ1) is 16.7. The molecule has 4 saturated carbocycles. The van der Waals surface area contributed by atoms with Crippen molar-refractivity contribution in [1.29, 1.82) is 0 Å². The Balaban J connectivity index is 0.000000411. The van der Waals surface area contributed by atoms with Crippen molar-refractivity contribution in [2.75, 3.05) is 0 Å². The van der Waals surface area contributed by atoms with Gasteiger partial charge in [0.2, 0.25) is 0 Å². The van der Waals surface area contributed by atoms with Crippen LogP contribution in [-0.2, 0) is 21.7 Å². The van der Waals surface area contributed by atoms with Crippen molar-refractivity contribution in [3.05, 3.63) is 19.6 Å². The van der Waals surface area contributed by atoms with E-state index in [0.29, 0.717) is 0 Å². The van der Waals surface area contributed by atoms with Crippen molar-refractivity contribution in [2.45, 2.75) is 57.9 Å². The average Bonchev–Trinajstić information content (AvgIpc) is 2.20. The van der Waals surface area contributed by atoms with Crippen LogP contribution in [0.4, 0.5) is 0 Å². The van der Waals surface area contributed by atoms with Crippen LogP contribution in [0.15, 0.2) is 0 Å². The fourth-order valence-electron chi connectivity index (χ4n) is 4.11. The van der Waals surface area contributed by atoms with Gasteiger partial charge in [-0.1, -0.05) is 19.3 Å². The van der Waals surface area contributed by atoms with Gasteiger partial charge < -0.3 is 19.6 Å². The van der Waals surface area contributed by atoms with Crippen molar-refractivity contribution in [3.8, 4) is 0 Å². The van der Waals surface area contributed by atoms with E-state index in [1.54, 1.807) is 13.8 Å². The summed E-state index contributed by atoms with van der Waals surface area (Å²) in [5, 5.41) is 0. The Morgan fingerprint density at radius 2 is 1.06 bits per heavy atom. The van der Waals surface area contributed by atoms with Crippen LogP contribution in [0, 0.1) is 31.6 Å². The van der Waals surface area contributed by atoms with Gasteiger partial charge in [0.15, 0.2) is 0 Å². The number of hydrogen-bond acceptors (Lipinski definition) is 0. The summed E-state index contributed by atoms with van der Waals surface area (Å²) < 4.78 is 0. The summed E-state index contributed by atoms with van der Waals surface area (Å²) in [6, 6.07) is 0. The van der Waals surface area contributed by atoms with Crippen molar-refractivity contribution >= 4 is 0 Å². The quantitative estimate of drug-likeness (QED) is 0.443. The molecule has 0 aliphatic heterocycles. The number of nitrogens with one attached hydrogen (secondary N) is 1. The van der Waals surface area contributed by atoms with Gasteiger partial charge in [-0.15, -0.1) is 5.54 Å². The van der Waals surface area contributed by atoms with Crippen LogP contribution in [0.3, 0.4) is 0 Å². The topological polar surface area (TPSA) is 23.8 Å². The van der Waals surface area contributed by atoms with Crippen LogP contribution in [0.25, 0.3) is 5.73 Å². The Bertz CT molecular complexity index is 156. The van der Waals surface area contributed by atoms with Gasteiger partial charge in [0.05, 0.1) is 0 Å². The molecule has 4 aliphatic carbocycles. The van der Waals surface area contributed by atoms with Crippen molar-refractivity contribution in [1.82, 2.24) is 0 Å². The second-order valence-corrected chi connectivity index (χ2v) is 5.20. The molecule has 4 aliphatic rings. The zero-order valence-electron chi connectivity index (χ0n) is 10.9. The molecule has 0 aromatic heterocycles. The molecule has 1 N–H and O–H groups in total. The molecule has 4 bridgehead atoms. The van der Waals surface area contributed by atoms with Gasteiger partial charge in [0, 0.05) is 0 Å². The smallest absolute Gasteiger partial charge is 0.672 e. The maximum absolute atomic E-state index is 8.21. The fraction of sp³-hybridized carbons (Fsp3) is 0.857. The van der Waals surface area contributed by atoms with E-state index in [0.717, 1.165) is 17.8 Å². The Morgan fingerprint density at radius 1 is 0.812 bits per heavy atom. The normalized spacial score (nSPS) is 42.2. The van der Waals surface area contributed by atoms with Crippen LogP contribution in [-0.4, -0.2) is 5.54 Å². The van der Waals surface area contributed by atoms with Gasteiger partial charge in [-0.05, 0) is 37.0 Å². The van der Waals surface area contributed by atoms with Crippen molar-refractivity contribution < 1.29 is 21.7 Å². The Morgan fingerprint density at radius 3 is 1.25 bits per heavy atom. The summed E-state index contributed by atoms with van der Waals surface area (Å²) in [5.41, 5.74) is 8.26. The summed E-state index contributed by atoms with van der Waals surface area (Å²) in [6.45, 7) is 10.0. The molecule has 0 unspecified atom stereocenters. The van der Waals surface area contributed by atoms with Gasteiger partial charge in [-0.2, -0.15) is 13.8 Å². The second kappa shape index (κ2) is 7.18. The van der Waals surface area contributed by atoms with Crippen molar-refractivity contribution in [2.24, 2.45) is 17.8 Å². The summed E-state index contributed by atoms with van der Waals surface area (Å²) >= 11 is 0. The maximum Gasteiger partial charge on any atom is 3.00 e. The zero-order chi connectivity index (χ0) is 11.5. The second-order valence-electron chi connectivity index (χ2n) is 5.20. The minimum atomic E-state index is 0. The molecule has 91 valence electrons. The molecule has 0 atom stereocenters. The summed E-state index contributed by atoms with van der Waals surface area (Å²) in [4.78, 5) is 0. The summed E-state index contributed by atoms with van der Waals surface area (Å²) in [7, 11) is 0. The number of rotatable bonds is 0. The van der Waals surface area contributed by atoms with Gasteiger partial charge in [-0.3, -0.25) is 0 Å². The van der Waals surface area contributed by atoms with Crippen LogP contribution in [0.2, 0.25) is 0 Å². The maximum atomic E-state index is 8.21. The largest absolute Gasteiger partial charge is 3.00 e. The van der Waals surface area contributed by atoms with E-state index in [2.05, 4.69) is 13.8 Å². The van der Waals surface area contributed by atoms with E-state index in [4.69, 9.17) is 5.73 Å². The molecule has 2 heteroatoms. The first-order chi connectivity index (χ1) is 7.23. The molecule has 0 aromatic rings. The van der Waals surface area contributed by atoms with Crippen LogP contribution in [0.5, 0.6) is 0 Å². The van der Waals surface area contributed by atoms with E-state index in [1.807, 2.05) is 0 Å². The molecular weight excluding hydrogens is 230 g/mol. The third kappa shape index (κ3) is 3.58. The molecular formula is C14H26NTi. The number of hydrogen-bond donors (Lipinski definition) is 0. The molecule has 0 amide bonds. The van der Waals surface area contributed by atoms with Crippen molar-refractivity contribution in [3.63, 3.8) is 0 Å². The SMILES string of the molecule is [CH2-]C.[CH2-]C.[NH-]C12CC3CC(CC(C3)C1)C2.[Ti+3]. The van der Waals surface area contributed by atoms with E-state index in [-0.39, 0.29) is 27.3 Å². The van der Waals surface area contributed by atoms with Gasteiger partial charge in [-0.25, -0.2) is 0 Å². The van der Waals surface area contributed by atoms with Crippen LogP contribution in [0.1, 0.15) is 52.4 Å². The minimum absolute atomic E-state index is 0. The molecule has 1 radical (unpaired) electrons. The Kier molecular flexibility index (Phi) is 7.49. The molecule has 0 saturated heterocycles. The first-order valence-electron chi connectivity index (χ1n) is 6.40. The molecule has 16 heavy (non-hydrogen) atoms. The molecule has 0 spiro atoms. The predicted molar refractivity (Wildman–Crippen MR) is 67.3 cm³/mol. The monoisotopic (exact) mass is 256 g/mol. The molecule has 4 rings (SSSR count). The third-order valence-corrected chi connectivity index (χ3v) is 4.04. The predicted octanol–water partition coefficient (Wildman–Crippen LogP) is 4.69. The first-order valence-corrected chi connectivity index (χ1v) is 6.40. The standard InChI is InChI=1S/C10H16N.2C2H5.Ti/c11-10-4-7-1-8(5-10)3-9(2-7)6-10;2*1-2;/h7-9,11H,1-6H2;2*1H2,2H3;/q3*-1;+3. The molecule has 0 heterocycles. The van der Waals surface area contributed by atoms with Crippen LogP contribution >= 0.6 is 0 Å². The van der Waals surface area contributed by atoms with E-state index >= 15 is 0 Å². The fourth-order valence-corrected chi connectivity index (χ4v) is 4.11. The average molecular weight is 256 g/mol. The zero-order valence-corrected chi connectivity index (χ0v) is 12.5. The van der Waals surface area contributed by atoms with Crippen LogP contribution < -0.4 is 0 Å².